The van der Waals surface area contributed by atoms with E-state index in [1.165, 1.54) is 4.90 Å². The molecule has 2 saturated heterocycles. The van der Waals surface area contributed by atoms with Crippen molar-refractivity contribution in [1.82, 2.24) is 4.90 Å². The van der Waals surface area contributed by atoms with E-state index in [9.17, 15) is 24.3 Å². The van der Waals surface area contributed by atoms with Crippen LogP contribution in [0.15, 0.2) is 0 Å². The second-order valence-corrected chi connectivity index (χ2v) is 6.00. The summed E-state index contributed by atoms with van der Waals surface area (Å²) in [6.45, 7) is 0. The van der Waals surface area contributed by atoms with Crippen LogP contribution in [0, 0.1) is 23.7 Å². The summed E-state index contributed by atoms with van der Waals surface area (Å²) in [5.74, 6) is -4.05. The minimum Gasteiger partial charge on any atom is -0.481 e. The van der Waals surface area contributed by atoms with Crippen molar-refractivity contribution in [3.05, 3.63) is 0 Å². The summed E-state index contributed by atoms with van der Waals surface area (Å²) >= 11 is 0. The molecule has 2 heterocycles. The fourth-order valence-electron chi connectivity index (χ4n) is 4.62. The van der Waals surface area contributed by atoms with Gasteiger partial charge in [-0.15, -0.1) is 0 Å². The molecule has 106 valence electrons. The number of rotatable bonds is 2. The Morgan fingerprint density at radius 3 is 2.40 bits per heavy atom. The zero-order valence-electron chi connectivity index (χ0n) is 10.5. The van der Waals surface area contributed by atoms with Gasteiger partial charge in [0, 0.05) is 18.8 Å². The average molecular weight is 279 g/mol. The fourth-order valence-corrected chi connectivity index (χ4v) is 4.62. The lowest BCUT2D eigenvalue weighted by molar-refractivity contribution is -0.152. The molecule has 2 bridgehead atoms. The van der Waals surface area contributed by atoms with Gasteiger partial charge in [0.05, 0.1) is 17.9 Å². The lowest BCUT2D eigenvalue weighted by atomic mass is 9.77. The number of carbonyl (C=O) groups is 4. The SMILES string of the molecule is O=C(O)[C@@H]1[C@H]2C[C@@H]3[C@H](OC(=O)[C@@H]31)[C@@H]2N1C(=O)CCC1=O. The molecule has 4 aliphatic rings. The van der Waals surface area contributed by atoms with Crippen LogP contribution in [0.25, 0.3) is 0 Å². The Labute approximate surface area is 113 Å². The van der Waals surface area contributed by atoms with E-state index in [1.54, 1.807) is 0 Å². The molecule has 2 aliphatic carbocycles. The Hall–Kier alpha value is -1.92. The number of hydrogen-bond acceptors (Lipinski definition) is 5. The molecular formula is C13H13NO6. The Morgan fingerprint density at radius 1 is 1.15 bits per heavy atom. The van der Waals surface area contributed by atoms with Crippen LogP contribution in [0.2, 0.25) is 0 Å². The highest BCUT2D eigenvalue weighted by Crippen LogP contribution is 2.59. The summed E-state index contributed by atoms with van der Waals surface area (Å²) in [6.07, 6.45) is 0.363. The standard InChI is InChI=1S/C13H13NO6/c15-6-1-2-7(16)14(6)10-4-3-5-9(8(4)12(17)18)13(19)20-11(5)10/h4-5,8-11H,1-3H2,(H,17,18)/t4-,5+,8-,9+,10-,11+/m1/s1. The molecule has 2 aliphatic heterocycles. The Kier molecular flexibility index (Phi) is 2.13. The lowest BCUT2D eigenvalue weighted by Gasteiger charge is -2.34. The number of likely N-dealkylation sites (tertiary alicyclic amines) is 1. The minimum absolute atomic E-state index is 0.161. The van der Waals surface area contributed by atoms with Crippen molar-refractivity contribution in [3.63, 3.8) is 0 Å². The fraction of sp³-hybridized carbons (Fsp3) is 0.692. The van der Waals surface area contributed by atoms with Crippen molar-refractivity contribution in [2.45, 2.75) is 31.4 Å². The monoisotopic (exact) mass is 279 g/mol. The van der Waals surface area contributed by atoms with Gasteiger partial charge in [-0.1, -0.05) is 0 Å². The maximum Gasteiger partial charge on any atom is 0.310 e. The summed E-state index contributed by atoms with van der Waals surface area (Å²) in [5.41, 5.74) is 0. The molecule has 7 heteroatoms. The molecule has 4 fully saturated rings. The number of aliphatic carboxylic acids is 1. The van der Waals surface area contributed by atoms with Crippen LogP contribution < -0.4 is 0 Å². The molecule has 2 amide bonds. The number of ether oxygens (including phenoxy) is 1. The molecule has 0 aromatic heterocycles. The predicted molar refractivity (Wildman–Crippen MR) is 61.0 cm³/mol. The number of fused-ring (bicyclic) bond motifs is 1. The van der Waals surface area contributed by atoms with Crippen molar-refractivity contribution < 1.29 is 29.0 Å². The van der Waals surface area contributed by atoms with Gasteiger partial charge in [-0.3, -0.25) is 24.1 Å². The summed E-state index contributed by atoms with van der Waals surface area (Å²) < 4.78 is 5.29. The van der Waals surface area contributed by atoms with Gasteiger partial charge in [0.15, 0.2) is 0 Å². The van der Waals surface area contributed by atoms with Gasteiger partial charge < -0.3 is 9.84 Å². The maximum atomic E-state index is 11.9. The molecule has 0 unspecified atom stereocenters. The molecule has 20 heavy (non-hydrogen) atoms. The van der Waals surface area contributed by atoms with E-state index in [0.29, 0.717) is 6.42 Å². The van der Waals surface area contributed by atoms with E-state index in [2.05, 4.69) is 0 Å². The Morgan fingerprint density at radius 2 is 1.80 bits per heavy atom. The minimum atomic E-state index is -1.04. The van der Waals surface area contributed by atoms with Crippen molar-refractivity contribution in [3.8, 4) is 0 Å². The molecule has 0 spiro atoms. The van der Waals surface area contributed by atoms with Crippen LogP contribution in [0.1, 0.15) is 19.3 Å². The number of hydrogen-bond donors (Lipinski definition) is 1. The first-order valence-electron chi connectivity index (χ1n) is 6.79. The quantitative estimate of drug-likeness (QED) is 0.535. The highest BCUT2D eigenvalue weighted by Gasteiger charge is 2.70. The Balaban J connectivity index is 1.76. The second kappa shape index (κ2) is 3.59. The van der Waals surface area contributed by atoms with Crippen LogP contribution in [0.3, 0.4) is 0 Å². The normalized spacial score (nSPS) is 45.4. The van der Waals surface area contributed by atoms with Gasteiger partial charge in [0.25, 0.3) is 0 Å². The molecule has 0 radical (unpaired) electrons. The smallest absolute Gasteiger partial charge is 0.310 e. The van der Waals surface area contributed by atoms with Crippen molar-refractivity contribution in [2.75, 3.05) is 0 Å². The van der Waals surface area contributed by atoms with Crippen LogP contribution >= 0.6 is 0 Å². The summed E-state index contributed by atoms with van der Waals surface area (Å²) in [5, 5.41) is 9.37. The molecule has 7 nitrogen and oxygen atoms in total. The number of carboxylic acid groups (broad SMARTS) is 1. The van der Waals surface area contributed by atoms with E-state index in [4.69, 9.17) is 4.74 Å². The first-order valence-corrected chi connectivity index (χ1v) is 6.79. The first-order chi connectivity index (χ1) is 9.50. The number of esters is 1. The van der Waals surface area contributed by atoms with Crippen LogP contribution in [-0.4, -0.2) is 45.9 Å². The molecule has 1 N–H and O–H groups in total. The van der Waals surface area contributed by atoms with Gasteiger partial charge in [0.1, 0.15) is 6.10 Å². The van der Waals surface area contributed by atoms with Crippen molar-refractivity contribution in [2.24, 2.45) is 23.7 Å². The summed E-state index contributed by atoms with van der Waals surface area (Å²) in [4.78, 5) is 48.3. The van der Waals surface area contributed by atoms with E-state index in [-0.39, 0.29) is 36.5 Å². The zero-order chi connectivity index (χ0) is 14.2. The molecule has 4 rings (SSSR count). The number of carboxylic acids is 1. The highest BCUT2D eigenvalue weighted by molar-refractivity contribution is 6.02. The van der Waals surface area contributed by atoms with E-state index in [0.717, 1.165) is 0 Å². The third-order valence-electron chi connectivity index (χ3n) is 5.25. The predicted octanol–water partition coefficient (Wildman–Crippen LogP) is -0.604. The van der Waals surface area contributed by atoms with Gasteiger partial charge >= 0.3 is 11.9 Å². The van der Waals surface area contributed by atoms with Crippen LogP contribution in [0.5, 0.6) is 0 Å². The van der Waals surface area contributed by atoms with Crippen LogP contribution in [-0.2, 0) is 23.9 Å². The molecule has 6 atom stereocenters. The van der Waals surface area contributed by atoms with Gasteiger partial charge in [-0.25, -0.2) is 0 Å². The first kappa shape index (κ1) is 11.9. The summed E-state index contributed by atoms with van der Waals surface area (Å²) in [6, 6.07) is -0.578. The molecule has 0 aromatic rings. The van der Waals surface area contributed by atoms with Crippen LogP contribution in [0.4, 0.5) is 0 Å². The third-order valence-corrected chi connectivity index (χ3v) is 5.25. The van der Waals surface area contributed by atoms with Gasteiger partial charge in [-0.05, 0) is 12.3 Å². The number of imide groups is 1. The highest BCUT2D eigenvalue weighted by atomic mass is 16.6. The average Bonchev–Trinajstić information content (AvgIpc) is 3.05. The van der Waals surface area contributed by atoms with E-state index >= 15 is 0 Å². The van der Waals surface area contributed by atoms with Crippen molar-refractivity contribution in [1.29, 1.82) is 0 Å². The molecule has 2 saturated carbocycles. The lowest BCUT2D eigenvalue weighted by Crippen LogP contribution is -2.52. The van der Waals surface area contributed by atoms with Crippen molar-refractivity contribution >= 4 is 23.8 Å². The zero-order valence-corrected chi connectivity index (χ0v) is 10.5. The second-order valence-electron chi connectivity index (χ2n) is 6.00. The molecular weight excluding hydrogens is 266 g/mol. The third kappa shape index (κ3) is 1.21. The van der Waals surface area contributed by atoms with Gasteiger partial charge in [0.2, 0.25) is 11.8 Å². The maximum absolute atomic E-state index is 11.9. The largest absolute Gasteiger partial charge is 0.481 e. The Bertz CT molecular complexity index is 541. The van der Waals surface area contributed by atoms with E-state index in [1.807, 2.05) is 0 Å². The van der Waals surface area contributed by atoms with E-state index < -0.39 is 35.9 Å². The number of carbonyl (C=O) groups excluding carboxylic acids is 3. The summed E-state index contributed by atoms with van der Waals surface area (Å²) in [7, 11) is 0. The molecule has 0 aromatic carbocycles. The van der Waals surface area contributed by atoms with Gasteiger partial charge in [-0.2, -0.15) is 0 Å². The number of amides is 2. The topological polar surface area (TPSA) is 101 Å². The number of nitrogens with zero attached hydrogens (tertiary/aromatic N) is 1.